The third-order valence-electron chi connectivity index (χ3n) is 6.98. The van der Waals surface area contributed by atoms with Crippen LogP contribution in [0.2, 0.25) is 0 Å². The minimum absolute atomic E-state index is 0.213. The molecule has 0 bridgehead atoms. The molecule has 1 unspecified atom stereocenters. The minimum atomic E-state index is 0.213. The zero-order valence-electron chi connectivity index (χ0n) is 16.7. The molecule has 0 aromatic carbocycles. The number of aromatic nitrogens is 2. The summed E-state index contributed by atoms with van der Waals surface area (Å²) in [6, 6.07) is 0.911. The number of hydrogen-bond donors (Lipinski definition) is 1. The highest BCUT2D eigenvalue weighted by atomic mass is 32.1. The molecule has 2 heterocycles. The van der Waals surface area contributed by atoms with E-state index in [0.717, 1.165) is 48.9 Å². The lowest BCUT2D eigenvalue weighted by Gasteiger charge is -2.24. The fourth-order valence-electron chi connectivity index (χ4n) is 5.36. The average molecular weight is 398 g/mol. The molecular formula is C23H31N3OS. The average Bonchev–Trinajstić information content (AvgIpc) is 3.37. The summed E-state index contributed by atoms with van der Waals surface area (Å²) in [7, 11) is 0. The van der Waals surface area contributed by atoms with E-state index in [2.05, 4.69) is 11.4 Å². The highest BCUT2D eigenvalue weighted by Crippen LogP contribution is 2.35. The molecule has 3 aliphatic rings. The van der Waals surface area contributed by atoms with Crippen LogP contribution in [0.25, 0.3) is 10.2 Å². The van der Waals surface area contributed by atoms with E-state index < -0.39 is 0 Å². The molecule has 1 fully saturated rings. The van der Waals surface area contributed by atoms with Crippen molar-refractivity contribution in [1.29, 1.82) is 0 Å². The number of allylic oxidation sites excluding steroid dienone is 1. The van der Waals surface area contributed by atoms with E-state index in [9.17, 15) is 4.79 Å². The summed E-state index contributed by atoms with van der Waals surface area (Å²) >= 11 is 1.75. The van der Waals surface area contributed by atoms with E-state index in [-0.39, 0.29) is 5.56 Å². The Labute approximate surface area is 171 Å². The van der Waals surface area contributed by atoms with Crippen molar-refractivity contribution in [3.8, 4) is 0 Å². The van der Waals surface area contributed by atoms with Crippen molar-refractivity contribution in [2.24, 2.45) is 0 Å². The summed E-state index contributed by atoms with van der Waals surface area (Å²) in [5.74, 6) is 0. The van der Waals surface area contributed by atoms with E-state index in [1.807, 2.05) is 10.9 Å². The Hall–Kier alpha value is -1.46. The molecule has 1 saturated carbocycles. The molecule has 0 aliphatic heterocycles. The molecule has 0 spiro atoms. The number of rotatable bonds is 5. The van der Waals surface area contributed by atoms with Gasteiger partial charge in [-0.15, -0.1) is 11.3 Å². The van der Waals surface area contributed by atoms with E-state index >= 15 is 0 Å². The van der Waals surface area contributed by atoms with Gasteiger partial charge in [-0.05, 0) is 76.3 Å². The van der Waals surface area contributed by atoms with Crippen LogP contribution in [0, 0.1) is 0 Å². The molecule has 5 heteroatoms. The Morgan fingerprint density at radius 3 is 2.86 bits per heavy atom. The molecule has 0 radical (unpaired) electrons. The standard InChI is InChI=1S/C23H31N3OS/c27-23-21-19-11-10-17(24-13-12-16-6-2-1-3-7-16)14-20(19)28-22(21)25-15-26(23)18-8-4-5-9-18/h6,15,17-18,24H,1-5,7-14H2. The lowest BCUT2D eigenvalue weighted by Crippen LogP contribution is -2.35. The second-order valence-electron chi connectivity index (χ2n) is 8.83. The van der Waals surface area contributed by atoms with Crippen molar-refractivity contribution in [2.75, 3.05) is 6.54 Å². The number of hydrogen-bond acceptors (Lipinski definition) is 4. The van der Waals surface area contributed by atoms with Crippen molar-refractivity contribution >= 4 is 21.6 Å². The maximum Gasteiger partial charge on any atom is 0.262 e. The van der Waals surface area contributed by atoms with Crippen molar-refractivity contribution < 1.29 is 0 Å². The van der Waals surface area contributed by atoms with Crippen LogP contribution < -0.4 is 10.9 Å². The number of thiophene rings is 1. The van der Waals surface area contributed by atoms with Crippen LogP contribution in [-0.2, 0) is 12.8 Å². The van der Waals surface area contributed by atoms with Gasteiger partial charge in [-0.2, -0.15) is 0 Å². The number of aryl methyl sites for hydroxylation is 1. The first-order valence-electron chi connectivity index (χ1n) is 11.2. The molecule has 2 aromatic rings. The second kappa shape index (κ2) is 8.11. The van der Waals surface area contributed by atoms with Crippen LogP contribution in [0.1, 0.15) is 80.7 Å². The first-order chi connectivity index (χ1) is 13.8. The zero-order chi connectivity index (χ0) is 18.9. The summed E-state index contributed by atoms with van der Waals surface area (Å²) in [6.45, 7) is 1.09. The number of nitrogens with one attached hydrogen (secondary N) is 1. The summed E-state index contributed by atoms with van der Waals surface area (Å²) in [5.41, 5.74) is 3.16. The molecule has 1 N–H and O–H groups in total. The van der Waals surface area contributed by atoms with Crippen LogP contribution in [0.15, 0.2) is 22.8 Å². The molecule has 4 nitrogen and oxygen atoms in total. The van der Waals surface area contributed by atoms with E-state index in [4.69, 9.17) is 4.98 Å². The Morgan fingerprint density at radius 2 is 2.04 bits per heavy atom. The third-order valence-corrected chi connectivity index (χ3v) is 8.14. The van der Waals surface area contributed by atoms with Gasteiger partial charge >= 0.3 is 0 Å². The molecule has 2 aromatic heterocycles. The van der Waals surface area contributed by atoms with Gasteiger partial charge in [0.1, 0.15) is 4.83 Å². The lowest BCUT2D eigenvalue weighted by atomic mass is 9.92. The van der Waals surface area contributed by atoms with Gasteiger partial charge in [0, 0.05) is 17.0 Å². The molecule has 150 valence electrons. The van der Waals surface area contributed by atoms with Gasteiger partial charge in [-0.1, -0.05) is 24.5 Å². The Morgan fingerprint density at radius 1 is 1.14 bits per heavy atom. The summed E-state index contributed by atoms with van der Waals surface area (Å²) in [6.07, 6.45) is 18.7. The number of fused-ring (bicyclic) bond motifs is 3. The first kappa shape index (κ1) is 18.6. The van der Waals surface area contributed by atoms with Gasteiger partial charge in [0.2, 0.25) is 0 Å². The van der Waals surface area contributed by atoms with E-state index in [0.29, 0.717) is 12.1 Å². The molecular weight excluding hydrogens is 366 g/mol. The summed E-state index contributed by atoms with van der Waals surface area (Å²) in [4.78, 5) is 20.2. The van der Waals surface area contributed by atoms with Crippen LogP contribution in [0.3, 0.4) is 0 Å². The Kier molecular flexibility index (Phi) is 5.38. The topological polar surface area (TPSA) is 46.9 Å². The maximum absolute atomic E-state index is 13.2. The SMILES string of the molecule is O=c1c2c3c(sc2ncn1C1CCCC1)CC(NCCC1=CCCCC1)CC3. The maximum atomic E-state index is 13.2. The minimum Gasteiger partial charge on any atom is -0.313 e. The fourth-order valence-corrected chi connectivity index (χ4v) is 6.62. The van der Waals surface area contributed by atoms with Gasteiger partial charge in [-0.3, -0.25) is 9.36 Å². The summed E-state index contributed by atoms with van der Waals surface area (Å²) in [5, 5.41) is 4.72. The lowest BCUT2D eigenvalue weighted by molar-refractivity contribution is 0.463. The van der Waals surface area contributed by atoms with E-state index in [1.165, 1.54) is 55.4 Å². The molecule has 1 atom stereocenters. The zero-order valence-corrected chi connectivity index (χ0v) is 17.5. The van der Waals surface area contributed by atoms with Crippen LogP contribution in [0.5, 0.6) is 0 Å². The highest BCUT2D eigenvalue weighted by Gasteiger charge is 2.26. The van der Waals surface area contributed by atoms with Crippen molar-refractivity contribution in [3.63, 3.8) is 0 Å². The van der Waals surface area contributed by atoms with Gasteiger partial charge < -0.3 is 5.32 Å². The summed E-state index contributed by atoms with van der Waals surface area (Å²) < 4.78 is 1.94. The Bertz CT molecular complexity index is 935. The normalized spacial score (nSPS) is 23.1. The largest absolute Gasteiger partial charge is 0.313 e. The number of nitrogens with zero attached hydrogens (tertiary/aromatic N) is 2. The second-order valence-corrected chi connectivity index (χ2v) is 9.91. The molecule has 0 amide bonds. The molecule has 28 heavy (non-hydrogen) atoms. The smallest absolute Gasteiger partial charge is 0.262 e. The van der Waals surface area contributed by atoms with Crippen LogP contribution >= 0.6 is 11.3 Å². The van der Waals surface area contributed by atoms with Crippen LogP contribution in [-0.4, -0.2) is 22.1 Å². The van der Waals surface area contributed by atoms with Crippen molar-refractivity contribution in [2.45, 2.75) is 89.1 Å². The van der Waals surface area contributed by atoms with Crippen LogP contribution in [0.4, 0.5) is 0 Å². The Balaban J connectivity index is 1.30. The molecule has 3 aliphatic carbocycles. The van der Waals surface area contributed by atoms with Gasteiger partial charge in [0.15, 0.2) is 0 Å². The monoisotopic (exact) mass is 397 g/mol. The quantitative estimate of drug-likeness (QED) is 0.729. The predicted molar refractivity (Wildman–Crippen MR) is 116 cm³/mol. The highest BCUT2D eigenvalue weighted by molar-refractivity contribution is 7.18. The van der Waals surface area contributed by atoms with Gasteiger partial charge in [-0.25, -0.2) is 4.98 Å². The molecule has 0 saturated heterocycles. The first-order valence-corrected chi connectivity index (χ1v) is 12.0. The predicted octanol–water partition coefficient (Wildman–Crippen LogP) is 4.91. The van der Waals surface area contributed by atoms with E-state index in [1.54, 1.807) is 16.9 Å². The van der Waals surface area contributed by atoms with Gasteiger partial charge in [0.25, 0.3) is 5.56 Å². The molecule has 5 rings (SSSR count). The third kappa shape index (κ3) is 3.59. The van der Waals surface area contributed by atoms with Crippen molar-refractivity contribution in [1.82, 2.24) is 14.9 Å². The fraction of sp³-hybridized carbons (Fsp3) is 0.652. The van der Waals surface area contributed by atoms with Gasteiger partial charge in [0.05, 0.1) is 11.7 Å². The van der Waals surface area contributed by atoms with Crippen molar-refractivity contribution in [3.05, 3.63) is 38.8 Å².